The third-order valence-electron chi connectivity index (χ3n) is 1.10. The number of hydrogen-bond donors (Lipinski definition) is 3. The van der Waals surface area contributed by atoms with Crippen LogP contribution in [0.4, 0.5) is 0 Å². The van der Waals surface area contributed by atoms with Gasteiger partial charge in [-0.2, -0.15) is 8.42 Å². The van der Waals surface area contributed by atoms with Gasteiger partial charge in [0.2, 0.25) is 0 Å². The Bertz CT molecular complexity index is 340. The molecule has 0 rings (SSSR count). The van der Waals surface area contributed by atoms with E-state index in [0.29, 0.717) is 18.6 Å². The van der Waals surface area contributed by atoms with Crippen molar-refractivity contribution in [1.82, 2.24) is 0 Å². The normalized spacial score (nSPS) is 10.7. The predicted molar refractivity (Wildman–Crippen MR) is 56.8 cm³/mol. The molecule has 0 saturated carbocycles. The molecular formula is C8H14O8S. The van der Waals surface area contributed by atoms with E-state index in [1.165, 1.54) is 0 Å². The van der Waals surface area contributed by atoms with Crippen molar-refractivity contribution < 1.29 is 37.0 Å². The summed E-state index contributed by atoms with van der Waals surface area (Å²) in [6, 6.07) is 0. The van der Waals surface area contributed by atoms with E-state index in [4.69, 9.17) is 14.8 Å². The smallest absolute Gasteiger partial charge is 0.397 e. The van der Waals surface area contributed by atoms with Crippen molar-refractivity contribution in [1.29, 1.82) is 0 Å². The lowest BCUT2D eigenvalue weighted by atomic mass is 10.4. The fraction of sp³-hybridized carbons (Fsp3) is 0.500. The largest absolute Gasteiger partial charge is 0.478 e. The maximum Gasteiger partial charge on any atom is 0.397 e. The van der Waals surface area contributed by atoms with Crippen molar-refractivity contribution >= 4 is 22.3 Å². The van der Waals surface area contributed by atoms with E-state index in [0.717, 1.165) is 6.42 Å². The molecule has 8 nitrogen and oxygen atoms in total. The number of aliphatic carboxylic acids is 2. The molecule has 0 aromatic heterocycles. The quantitative estimate of drug-likeness (QED) is 0.356. The fourth-order valence-electron chi connectivity index (χ4n) is 0.451. The molecule has 0 amide bonds. The molecule has 0 aliphatic carbocycles. The van der Waals surface area contributed by atoms with Crippen LogP contribution in [-0.2, 0) is 24.2 Å². The number of carboxylic acid groups (broad SMARTS) is 2. The minimum absolute atomic E-state index is 0.0648. The zero-order valence-corrected chi connectivity index (χ0v) is 9.88. The molecule has 0 aromatic rings. The molecule has 0 unspecified atom stereocenters. The molecule has 0 bridgehead atoms. The lowest BCUT2D eigenvalue weighted by Gasteiger charge is -1.95. The second-order valence-corrected chi connectivity index (χ2v) is 3.70. The van der Waals surface area contributed by atoms with Crippen LogP contribution in [0.15, 0.2) is 12.2 Å². The minimum atomic E-state index is -4.20. The fourth-order valence-corrected chi connectivity index (χ4v) is 0.780. The summed E-state index contributed by atoms with van der Waals surface area (Å²) in [4.78, 5) is 19.1. The van der Waals surface area contributed by atoms with E-state index >= 15 is 0 Å². The Hall–Kier alpha value is -1.45. The number of hydrogen-bond acceptors (Lipinski definition) is 5. The highest BCUT2D eigenvalue weighted by molar-refractivity contribution is 7.80. The first-order valence-electron chi connectivity index (χ1n) is 4.44. The Morgan fingerprint density at radius 1 is 1.18 bits per heavy atom. The van der Waals surface area contributed by atoms with Gasteiger partial charge >= 0.3 is 22.3 Å². The molecule has 0 saturated heterocycles. The average Bonchev–Trinajstić information content (AvgIpc) is 2.14. The molecule has 0 spiro atoms. The summed E-state index contributed by atoms with van der Waals surface area (Å²) < 4.78 is 31.7. The molecule has 9 heteroatoms. The monoisotopic (exact) mass is 270 g/mol. The van der Waals surface area contributed by atoms with Crippen LogP contribution in [-0.4, -0.2) is 41.7 Å². The molecule has 0 atom stereocenters. The van der Waals surface area contributed by atoms with E-state index in [1.54, 1.807) is 0 Å². The SMILES string of the molecule is CCCCOS(=O)(=O)O.O=C(O)/C=C\C(=O)O. The van der Waals surface area contributed by atoms with E-state index in [2.05, 4.69) is 4.18 Å². The van der Waals surface area contributed by atoms with Crippen molar-refractivity contribution in [3.63, 3.8) is 0 Å². The van der Waals surface area contributed by atoms with Gasteiger partial charge in [0, 0.05) is 12.2 Å². The summed E-state index contributed by atoms with van der Waals surface area (Å²) in [6.45, 7) is 1.96. The van der Waals surface area contributed by atoms with Gasteiger partial charge in [-0.3, -0.25) is 4.55 Å². The lowest BCUT2D eigenvalue weighted by Crippen LogP contribution is -2.04. The topological polar surface area (TPSA) is 138 Å². The first kappa shape index (κ1) is 17.9. The lowest BCUT2D eigenvalue weighted by molar-refractivity contribution is -0.134. The van der Waals surface area contributed by atoms with Gasteiger partial charge in [0.25, 0.3) is 0 Å². The van der Waals surface area contributed by atoms with Crippen LogP contribution in [0.2, 0.25) is 0 Å². The first-order valence-corrected chi connectivity index (χ1v) is 5.81. The summed E-state index contributed by atoms with van der Waals surface area (Å²) in [5.74, 6) is -2.51. The van der Waals surface area contributed by atoms with Crippen LogP contribution >= 0.6 is 0 Å². The minimum Gasteiger partial charge on any atom is -0.478 e. The molecule has 0 aliphatic heterocycles. The van der Waals surface area contributed by atoms with Crippen LogP contribution < -0.4 is 0 Å². The van der Waals surface area contributed by atoms with Gasteiger partial charge in [-0.1, -0.05) is 13.3 Å². The zero-order chi connectivity index (χ0) is 13.9. The van der Waals surface area contributed by atoms with E-state index in [9.17, 15) is 18.0 Å². The van der Waals surface area contributed by atoms with Crippen molar-refractivity contribution in [3.8, 4) is 0 Å². The molecule has 0 fully saturated rings. The summed E-state index contributed by atoms with van der Waals surface area (Å²) in [7, 11) is -4.20. The van der Waals surface area contributed by atoms with Crippen molar-refractivity contribution in [2.24, 2.45) is 0 Å². The first-order chi connectivity index (χ1) is 7.69. The van der Waals surface area contributed by atoms with Gasteiger partial charge in [0.15, 0.2) is 0 Å². The van der Waals surface area contributed by atoms with E-state index < -0.39 is 22.3 Å². The van der Waals surface area contributed by atoms with Gasteiger partial charge in [-0.05, 0) is 6.42 Å². The van der Waals surface area contributed by atoms with Crippen LogP contribution in [0.3, 0.4) is 0 Å². The van der Waals surface area contributed by atoms with Crippen LogP contribution in [0, 0.1) is 0 Å². The summed E-state index contributed by atoms with van der Waals surface area (Å²) in [6.07, 6.45) is 2.60. The number of unbranched alkanes of at least 4 members (excludes halogenated alkanes) is 1. The summed E-state index contributed by atoms with van der Waals surface area (Å²) >= 11 is 0. The van der Waals surface area contributed by atoms with E-state index in [1.807, 2.05) is 6.92 Å². The van der Waals surface area contributed by atoms with Gasteiger partial charge in [0.05, 0.1) is 6.61 Å². The highest BCUT2D eigenvalue weighted by Crippen LogP contribution is 1.91. The van der Waals surface area contributed by atoms with Crippen molar-refractivity contribution in [3.05, 3.63) is 12.2 Å². The number of rotatable bonds is 6. The third kappa shape index (κ3) is 25.1. The highest BCUT2D eigenvalue weighted by Gasteiger charge is 2.01. The number of carboxylic acids is 2. The Morgan fingerprint density at radius 2 is 1.59 bits per heavy atom. The Labute approximate surface area is 98.5 Å². The molecule has 3 N–H and O–H groups in total. The van der Waals surface area contributed by atoms with Crippen molar-refractivity contribution in [2.45, 2.75) is 19.8 Å². The van der Waals surface area contributed by atoms with Gasteiger partial charge < -0.3 is 10.2 Å². The predicted octanol–water partition coefficient (Wildman–Crippen LogP) is 0.318. The average molecular weight is 270 g/mol. The molecular weight excluding hydrogens is 256 g/mol. The van der Waals surface area contributed by atoms with Crippen LogP contribution in [0.5, 0.6) is 0 Å². The zero-order valence-electron chi connectivity index (χ0n) is 9.07. The second kappa shape index (κ2) is 9.75. The standard InChI is InChI=1S/C4H10O4S.C4H4O4/c1-2-3-4-8-9(5,6)7;5-3(6)1-2-4(7)8/h2-4H2,1H3,(H,5,6,7);1-2H,(H,5,6)(H,7,8)/b;2-1-. The van der Waals surface area contributed by atoms with Crippen LogP contribution in [0.25, 0.3) is 0 Å². The van der Waals surface area contributed by atoms with E-state index in [-0.39, 0.29) is 6.61 Å². The second-order valence-electron chi connectivity index (χ2n) is 2.61. The third-order valence-corrected chi connectivity index (χ3v) is 1.56. The number of carbonyl (C=O) groups is 2. The van der Waals surface area contributed by atoms with Gasteiger partial charge in [-0.25, -0.2) is 13.8 Å². The van der Waals surface area contributed by atoms with Gasteiger partial charge in [-0.15, -0.1) is 0 Å². The Balaban J connectivity index is 0. The maximum atomic E-state index is 9.84. The molecule has 17 heavy (non-hydrogen) atoms. The van der Waals surface area contributed by atoms with Crippen molar-refractivity contribution in [2.75, 3.05) is 6.61 Å². The summed E-state index contributed by atoms with van der Waals surface area (Å²) in [5, 5.41) is 15.6. The van der Waals surface area contributed by atoms with Crippen LogP contribution in [0.1, 0.15) is 19.8 Å². The van der Waals surface area contributed by atoms with Gasteiger partial charge in [0.1, 0.15) is 0 Å². The highest BCUT2D eigenvalue weighted by atomic mass is 32.3. The molecule has 0 aromatic carbocycles. The summed E-state index contributed by atoms with van der Waals surface area (Å²) in [5.41, 5.74) is 0. The molecule has 0 aliphatic rings. The Morgan fingerprint density at radius 3 is 1.82 bits per heavy atom. The Kier molecular flexibility index (Phi) is 10.3. The molecule has 0 radical (unpaired) electrons. The molecule has 100 valence electrons. The molecule has 0 heterocycles. The maximum absolute atomic E-state index is 9.84.